The molecule has 0 heterocycles. The third kappa shape index (κ3) is 4.35. The van der Waals surface area contributed by atoms with E-state index < -0.39 is 11.9 Å². The van der Waals surface area contributed by atoms with Crippen LogP contribution in [0.15, 0.2) is 42.5 Å². The Morgan fingerprint density at radius 2 is 1.79 bits per heavy atom. The van der Waals surface area contributed by atoms with Gasteiger partial charge < -0.3 is 14.8 Å². The number of carbonyl (C=O) groups excluding carboxylic acids is 2. The fraction of sp³-hybridized carbons (Fsp3) is 0.263. The van der Waals surface area contributed by atoms with Crippen molar-refractivity contribution in [3.63, 3.8) is 0 Å². The first kappa shape index (κ1) is 17.5. The van der Waals surface area contributed by atoms with E-state index in [4.69, 9.17) is 9.47 Å². The highest BCUT2D eigenvalue weighted by Gasteiger charge is 2.14. The Morgan fingerprint density at radius 3 is 2.54 bits per heavy atom. The summed E-state index contributed by atoms with van der Waals surface area (Å²) < 4.78 is 10.5. The van der Waals surface area contributed by atoms with Crippen molar-refractivity contribution in [2.45, 2.75) is 20.8 Å². The standard InChI is InChI=1S/C19H21NO4/c1-4-23-17-11-6-5-10-16(17)20-18(21)12-24-19(22)15-9-7-8-13(2)14(15)3/h5-11H,4,12H2,1-3H3,(H,20,21). The summed E-state index contributed by atoms with van der Waals surface area (Å²) in [5.74, 6) is -0.348. The first-order valence-electron chi connectivity index (χ1n) is 7.78. The maximum Gasteiger partial charge on any atom is 0.338 e. The summed E-state index contributed by atoms with van der Waals surface area (Å²) in [5.41, 5.74) is 2.87. The smallest absolute Gasteiger partial charge is 0.338 e. The number of aryl methyl sites for hydroxylation is 1. The zero-order chi connectivity index (χ0) is 17.5. The number of rotatable bonds is 6. The van der Waals surface area contributed by atoms with E-state index in [2.05, 4.69) is 5.32 Å². The van der Waals surface area contributed by atoms with Gasteiger partial charge in [-0.2, -0.15) is 0 Å². The van der Waals surface area contributed by atoms with E-state index in [1.54, 1.807) is 30.3 Å². The van der Waals surface area contributed by atoms with Gasteiger partial charge in [-0.3, -0.25) is 4.79 Å². The summed E-state index contributed by atoms with van der Waals surface area (Å²) >= 11 is 0. The minimum absolute atomic E-state index is 0.354. The molecular formula is C19H21NO4. The predicted octanol–water partition coefficient (Wildman–Crippen LogP) is 3.50. The average molecular weight is 327 g/mol. The van der Waals surface area contributed by atoms with Crippen LogP contribution in [0, 0.1) is 13.8 Å². The number of hydrogen-bond acceptors (Lipinski definition) is 4. The molecule has 0 aromatic heterocycles. The van der Waals surface area contributed by atoms with Crippen molar-refractivity contribution in [3.05, 3.63) is 59.2 Å². The first-order chi connectivity index (χ1) is 11.5. The van der Waals surface area contributed by atoms with Gasteiger partial charge >= 0.3 is 5.97 Å². The van der Waals surface area contributed by atoms with Crippen molar-refractivity contribution in [3.8, 4) is 5.75 Å². The molecule has 0 unspecified atom stereocenters. The van der Waals surface area contributed by atoms with Crippen molar-refractivity contribution in [2.24, 2.45) is 0 Å². The lowest BCUT2D eigenvalue weighted by atomic mass is 10.0. The molecule has 0 bridgehead atoms. The number of esters is 1. The van der Waals surface area contributed by atoms with Gasteiger partial charge in [0.15, 0.2) is 6.61 Å². The Bertz CT molecular complexity index is 740. The molecule has 0 radical (unpaired) electrons. The molecule has 0 aliphatic carbocycles. The number of ether oxygens (including phenoxy) is 2. The highest BCUT2D eigenvalue weighted by Crippen LogP contribution is 2.23. The molecule has 0 saturated carbocycles. The van der Waals surface area contributed by atoms with Gasteiger partial charge in [0.1, 0.15) is 5.75 Å². The summed E-state index contributed by atoms with van der Waals surface area (Å²) in [6.45, 7) is 5.78. The molecule has 1 N–H and O–H groups in total. The number of hydrogen-bond donors (Lipinski definition) is 1. The molecule has 126 valence electrons. The minimum atomic E-state index is -0.510. The summed E-state index contributed by atoms with van der Waals surface area (Å²) in [7, 11) is 0. The van der Waals surface area contributed by atoms with E-state index in [0.717, 1.165) is 11.1 Å². The molecule has 0 aliphatic rings. The SMILES string of the molecule is CCOc1ccccc1NC(=O)COC(=O)c1cccc(C)c1C. The fourth-order valence-corrected chi connectivity index (χ4v) is 2.22. The van der Waals surface area contributed by atoms with Crippen LogP contribution in [0.3, 0.4) is 0 Å². The second-order valence-electron chi connectivity index (χ2n) is 5.30. The van der Waals surface area contributed by atoms with E-state index in [0.29, 0.717) is 23.6 Å². The molecule has 0 aliphatic heterocycles. The van der Waals surface area contributed by atoms with Gasteiger partial charge in [0, 0.05) is 0 Å². The van der Waals surface area contributed by atoms with E-state index in [-0.39, 0.29) is 6.61 Å². The van der Waals surface area contributed by atoms with Gasteiger partial charge in [-0.05, 0) is 50.1 Å². The summed E-state index contributed by atoms with van der Waals surface area (Å²) in [4.78, 5) is 24.1. The van der Waals surface area contributed by atoms with Crippen LogP contribution in [0.4, 0.5) is 5.69 Å². The Balaban J connectivity index is 1.96. The lowest BCUT2D eigenvalue weighted by molar-refractivity contribution is -0.119. The van der Waals surface area contributed by atoms with Crippen molar-refractivity contribution in [2.75, 3.05) is 18.5 Å². The number of nitrogens with one attached hydrogen (secondary N) is 1. The van der Waals surface area contributed by atoms with Gasteiger partial charge in [0.25, 0.3) is 5.91 Å². The third-order valence-corrected chi connectivity index (χ3v) is 3.62. The summed E-state index contributed by atoms with van der Waals surface area (Å²) in [6.07, 6.45) is 0. The monoisotopic (exact) mass is 327 g/mol. The molecule has 2 aromatic carbocycles. The molecule has 0 spiro atoms. The Morgan fingerprint density at radius 1 is 1.04 bits per heavy atom. The summed E-state index contributed by atoms with van der Waals surface area (Å²) in [5, 5.41) is 2.69. The van der Waals surface area contributed by atoms with Crippen molar-refractivity contribution >= 4 is 17.6 Å². The van der Waals surface area contributed by atoms with E-state index in [9.17, 15) is 9.59 Å². The average Bonchev–Trinajstić information content (AvgIpc) is 2.57. The van der Waals surface area contributed by atoms with Gasteiger partial charge in [-0.15, -0.1) is 0 Å². The third-order valence-electron chi connectivity index (χ3n) is 3.62. The van der Waals surface area contributed by atoms with Crippen molar-refractivity contribution in [1.82, 2.24) is 0 Å². The van der Waals surface area contributed by atoms with Gasteiger partial charge in [0.05, 0.1) is 17.9 Å². The molecule has 0 atom stereocenters. The second-order valence-corrected chi connectivity index (χ2v) is 5.30. The number of carbonyl (C=O) groups is 2. The number of amides is 1. The molecule has 0 fully saturated rings. The fourth-order valence-electron chi connectivity index (χ4n) is 2.22. The first-order valence-corrected chi connectivity index (χ1v) is 7.78. The molecule has 24 heavy (non-hydrogen) atoms. The Hall–Kier alpha value is -2.82. The number of para-hydroxylation sites is 2. The van der Waals surface area contributed by atoms with Crippen LogP contribution in [0.2, 0.25) is 0 Å². The molecular weight excluding hydrogens is 306 g/mol. The predicted molar refractivity (Wildman–Crippen MR) is 92.4 cm³/mol. The van der Waals surface area contributed by atoms with Crippen LogP contribution < -0.4 is 10.1 Å². The topological polar surface area (TPSA) is 64.6 Å². The van der Waals surface area contributed by atoms with E-state index >= 15 is 0 Å². The van der Waals surface area contributed by atoms with Crippen LogP contribution >= 0.6 is 0 Å². The van der Waals surface area contributed by atoms with Crippen LogP contribution in [0.1, 0.15) is 28.4 Å². The highest BCUT2D eigenvalue weighted by molar-refractivity contribution is 5.96. The zero-order valence-electron chi connectivity index (χ0n) is 14.1. The molecule has 5 heteroatoms. The maximum absolute atomic E-state index is 12.1. The lowest BCUT2D eigenvalue weighted by Crippen LogP contribution is -2.21. The van der Waals surface area contributed by atoms with Crippen LogP contribution in [-0.2, 0) is 9.53 Å². The van der Waals surface area contributed by atoms with Crippen molar-refractivity contribution < 1.29 is 19.1 Å². The normalized spacial score (nSPS) is 10.1. The molecule has 2 aromatic rings. The molecule has 2 rings (SSSR count). The Labute approximate surface area is 141 Å². The highest BCUT2D eigenvalue weighted by atomic mass is 16.5. The van der Waals surface area contributed by atoms with Crippen molar-refractivity contribution in [1.29, 1.82) is 0 Å². The Kier molecular flexibility index (Phi) is 5.95. The number of benzene rings is 2. The quantitative estimate of drug-likeness (QED) is 0.825. The van der Waals surface area contributed by atoms with Gasteiger partial charge in [-0.25, -0.2) is 4.79 Å². The van der Waals surface area contributed by atoms with E-state index in [1.165, 1.54) is 0 Å². The van der Waals surface area contributed by atoms with Crippen LogP contribution in [-0.4, -0.2) is 25.1 Å². The van der Waals surface area contributed by atoms with Crippen LogP contribution in [0.25, 0.3) is 0 Å². The van der Waals surface area contributed by atoms with Gasteiger partial charge in [0.2, 0.25) is 0 Å². The van der Waals surface area contributed by atoms with Gasteiger partial charge in [-0.1, -0.05) is 24.3 Å². The lowest BCUT2D eigenvalue weighted by Gasteiger charge is -2.12. The number of anilines is 1. The van der Waals surface area contributed by atoms with Crippen LogP contribution in [0.5, 0.6) is 5.75 Å². The maximum atomic E-state index is 12.1. The minimum Gasteiger partial charge on any atom is -0.492 e. The zero-order valence-corrected chi connectivity index (χ0v) is 14.1. The molecule has 5 nitrogen and oxygen atoms in total. The largest absolute Gasteiger partial charge is 0.492 e. The van der Waals surface area contributed by atoms with E-state index in [1.807, 2.05) is 32.9 Å². The second kappa shape index (κ2) is 8.15. The molecule has 0 saturated heterocycles. The molecule has 1 amide bonds. The summed E-state index contributed by atoms with van der Waals surface area (Å²) in [6, 6.07) is 12.5.